The normalized spacial score (nSPS) is 12.9. The van der Waals surface area contributed by atoms with Crippen LogP contribution >= 0.6 is 0 Å². The van der Waals surface area contributed by atoms with Crippen LogP contribution in [0.4, 0.5) is 0 Å². The monoisotopic (exact) mass is 186 g/mol. The van der Waals surface area contributed by atoms with Crippen molar-refractivity contribution in [3.63, 3.8) is 0 Å². The van der Waals surface area contributed by atoms with E-state index in [1.807, 2.05) is 0 Å². The van der Waals surface area contributed by atoms with Crippen LogP contribution in [0.25, 0.3) is 0 Å². The molecule has 1 atom stereocenters. The molecule has 0 saturated carbocycles. The van der Waals surface area contributed by atoms with Crippen molar-refractivity contribution in [3.8, 4) is 0 Å². The Morgan fingerprint density at radius 1 is 1.46 bits per heavy atom. The van der Waals surface area contributed by atoms with Crippen molar-refractivity contribution in [1.82, 2.24) is 5.32 Å². The molecule has 0 aliphatic carbocycles. The molecule has 0 radical (unpaired) electrons. The molecule has 0 spiro atoms. The van der Waals surface area contributed by atoms with E-state index in [4.69, 9.17) is 16.9 Å². The van der Waals surface area contributed by atoms with Gasteiger partial charge in [0.25, 0.3) is 0 Å². The highest BCUT2D eigenvalue weighted by molar-refractivity contribution is 5.74. The van der Waals surface area contributed by atoms with Crippen molar-refractivity contribution >= 4 is 5.96 Å². The second-order valence-corrected chi connectivity index (χ2v) is 3.87. The lowest BCUT2D eigenvalue weighted by Gasteiger charge is -2.13. The van der Waals surface area contributed by atoms with Crippen LogP contribution in [-0.2, 0) is 0 Å². The Kier molecular flexibility index (Phi) is 6.32. The summed E-state index contributed by atoms with van der Waals surface area (Å²) in [5.41, 5.74) is 11.0. The quantitative estimate of drug-likeness (QED) is 0.278. The van der Waals surface area contributed by atoms with E-state index >= 15 is 0 Å². The summed E-state index contributed by atoms with van der Waals surface area (Å²) in [6.45, 7) is 5.10. The van der Waals surface area contributed by atoms with Crippen LogP contribution in [-0.4, -0.2) is 18.5 Å². The number of hydrogen-bond donors (Lipinski definition) is 4. The van der Waals surface area contributed by atoms with Gasteiger partial charge in [-0.1, -0.05) is 13.8 Å². The maximum atomic E-state index is 6.93. The minimum Gasteiger partial charge on any atom is -0.370 e. The molecule has 0 fully saturated rings. The number of hydrogen-bond acceptors (Lipinski definition) is 2. The van der Waals surface area contributed by atoms with Crippen LogP contribution in [0.1, 0.15) is 33.1 Å². The van der Waals surface area contributed by atoms with E-state index < -0.39 is 0 Å². The first kappa shape index (κ1) is 12.2. The highest BCUT2D eigenvalue weighted by Gasteiger charge is 2.04. The number of guanidine groups is 1. The van der Waals surface area contributed by atoms with Crippen molar-refractivity contribution in [3.05, 3.63) is 0 Å². The number of nitrogens with one attached hydrogen (secondary N) is 2. The molecule has 0 saturated heterocycles. The fourth-order valence-corrected chi connectivity index (χ4v) is 1.31. The van der Waals surface area contributed by atoms with Gasteiger partial charge in [0, 0.05) is 12.6 Å². The largest absolute Gasteiger partial charge is 0.370 e. The van der Waals surface area contributed by atoms with Crippen LogP contribution in [0.3, 0.4) is 0 Å². The fourth-order valence-electron chi connectivity index (χ4n) is 1.31. The Bertz CT molecular complexity index is 145. The SMILES string of the molecule is CC(C)C[C@H](N)CCCNC(=N)N. The first-order valence-corrected chi connectivity index (χ1v) is 4.86. The lowest BCUT2D eigenvalue weighted by atomic mass is 10.0. The molecule has 0 unspecified atom stereocenters. The van der Waals surface area contributed by atoms with Crippen LogP contribution < -0.4 is 16.8 Å². The molecular formula is C9H22N4. The molecular weight excluding hydrogens is 164 g/mol. The Morgan fingerprint density at radius 3 is 2.54 bits per heavy atom. The third kappa shape index (κ3) is 9.14. The molecule has 4 nitrogen and oxygen atoms in total. The molecule has 0 aliphatic heterocycles. The summed E-state index contributed by atoms with van der Waals surface area (Å²) in [6, 6.07) is 0.286. The van der Waals surface area contributed by atoms with Crippen molar-refractivity contribution in [2.75, 3.05) is 6.54 Å². The van der Waals surface area contributed by atoms with E-state index in [0.717, 1.165) is 25.8 Å². The van der Waals surface area contributed by atoms with Gasteiger partial charge in [-0.25, -0.2) is 0 Å². The molecule has 13 heavy (non-hydrogen) atoms. The van der Waals surface area contributed by atoms with Gasteiger partial charge in [0.05, 0.1) is 0 Å². The molecule has 0 aromatic heterocycles. The van der Waals surface area contributed by atoms with Gasteiger partial charge in [0.1, 0.15) is 0 Å². The van der Waals surface area contributed by atoms with E-state index in [9.17, 15) is 0 Å². The molecule has 0 aliphatic rings. The first-order chi connectivity index (χ1) is 6.02. The summed E-state index contributed by atoms with van der Waals surface area (Å²) in [5.74, 6) is 0.702. The van der Waals surface area contributed by atoms with E-state index in [2.05, 4.69) is 19.2 Å². The number of rotatable bonds is 6. The van der Waals surface area contributed by atoms with Crippen molar-refractivity contribution in [2.24, 2.45) is 17.4 Å². The maximum absolute atomic E-state index is 6.93. The summed E-state index contributed by atoms with van der Waals surface area (Å²) >= 11 is 0. The Morgan fingerprint density at radius 2 is 2.08 bits per heavy atom. The van der Waals surface area contributed by atoms with Gasteiger partial charge < -0.3 is 16.8 Å². The van der Waals surface area contributed by atoms with E-state index in [0.29, 0.717) is 5.92 Å². The van der Waals surface area contributed by atoms with Crippen LogP contribution in [0, 0.1) is 11.3 Å². The second kappa shape index (κ2) is 6.71. The number of nitrogens with two attached hydrogens (primary N) is 2. The minimum absolute atomic E-state index is 0.0393. The van der Waals surface area contributed by atoms with Gasteiger partial charge in [-0.15, -0.1) is 0 Å². The van der Waals surface area contributed by atoms with Gasteiger partial charge >= 0.3 is 0 Å². The van der Waals surface area contributed by atoms with E-state index in [1.165, 1.54) is 0 Å². The molecule has 0 rings (SSSR count). The minimum atomic E-state index is 0.0393. The topological polar surface area (TPSA) is 87.9 Å². The molecule has 4 heteroatoms. The average molecular weight is 186 g/mol. The summed E-state index contributed by atoms with van der Waals surface area (Å²) in [4.78, 5) is 0. The molecule has 0 aromatic carbocycles. The van der Waals surface area contributed by atoms with E-state index in [1.54, 1.807) is 0 Å². The smallest absolute Gasteiger partial charge is 0.185 e. The first-order valence-electron chi connectivity index (χ1n) is 4.86. The average Bonchev–Trinajstić information content (AvgIpc) is 1.96. The van der Waals surface area contributed by atoms with Gasteiger partial charge in [0.15, 0.2) is 5.96 Å². The van der Waals surface area contributed by atoms with Crippen molar-refractivity contribution in [1.29, 1.82) is 5.41 Å². The lowest BCUT2D eigenvalue weighted by Crippen LogP contribution is -2.32. The van der Waals surface area contributed by atoms with Gasteiger partial charge in [0.2, 0.25) is 0 Å². The summed E-state index contributed by atoms with van der Waals surface area (Å²) in [6.07, 6.45) is 3.05. The molecule has 0 bridgehead atoms. The molecule has 0 aromatic rings. The predicted molar refractivity (Wildman–Crippen MR) is 56.6 cm³/mol. The molecule has 0 amide bonds. The fraction of sp³-hybridized carbons (Fsp3) is 0.889. The van der Waals surface area contributed by atoms with Crippen LogP contribution in [0.15, 0.2) is 0 Å². The zero-order valence-corrected chi connectivity index (χ0v) is 8.64. The molecule has 78 valence electrons. The van der Waals surface area contributed by atoms with Crippen LogP contribution in [0.2, 0.25) is 0 Å². The zero-order chi connectivity index (χ0) is 10.3. The Hall–Kier alpha value is -0.770. The zero-order valence-electron chi connectivity index (χ0n) is 8.64. The summed E-state index contributed by atoms with van der Waals surface area (Å²) in [5, 5.41) is 9.69. The van der Waals surface area contributed by atoms with Gasteiger partial charge in [-0.05, 0) is 25.2 Å². The second-order valence-electron chi connectivity index (χ2n) is 3.87. The molecule has 0 heterocycles. The third-order valence-corrected chi connectivity index (χ3v) is 1.84. The Balaban J connectivity index is 3.26. The van der Waals surface area contributed by atoms with Crippen molar-refractivity contribution < 1.29 is 0 Å². The summed E-state index contributed by atoms with van der Waals surface area (Å²) in [7, 11) is 0. The van der Waals surface area contributed by atoms with Gasteiger partial charge in [-0.3, -0.25) is 5.41 Å². The predicted octanol–water partition coefficient (Wildman–Crippen LogP) is 0.623. The van der Waals surface area contributed by atoms with E-state index in [-0.39, 0.29) is 12.0 Å². The highest BCUT2D eigenvalue weighted by Crippen LogP contribution is 2.06. The lowest BCUT2D eigenvalue weighted by molar-refractivity contribution is 0.462. The molecule has 6 N–H and O–H groups in total. The summed E-state index contributed by atoms with van der Waals surface area (Å²) < 4.78 is 0. The van der Waals surface area contributed by atoms with Gasteiger partial charge in [-0.2, -0.15) is 0 Å². The van der Waals surface area contributed by atoms with Crippen molar-refractivity contribution in [2.45, 2.75) is 39.2 Å². The maximum Gasteiger partial charge on any atom is 0.185 e. The highest BCUT2D eigenvalue weighted by atomic mass is 15.0. The third-order valence-electron chi connectivity index (χ3n) is 1.84. The van der Waals surface area contributed by atoms with Crippen LogP contribution in [0.5, 0.6) is 0 Å². The Labute approximate surface area is 80.6 Å². The standard InChI is InChI=1S/C9H22N4/c1-7(2)6-8(10)4-3-5-13-9(11)12/h7-8H,3-6,10H2,1-2H3,(H4,11,12,13)/t8-/m1/s1.